The number of hydrogen-bond donors (Lipinski definition) is 1. The first kappa shape index (κ1) is 11.2. The van der Waals surface area contributed by atoms with Crippen molar-refractivity contribution < 1.29 is 13.0 Å². The fraction of sp³-hybridized carbons (Fsp3) is 0.400. The van der Waals surface area contributed by atoms with Crippen molar-refractivity contribution in [3.05, 3.63) is 35.9 Å². The van der Waals surface area contributed by atoms with Gasteiger partial charge in [0.1, 0.15) is 0 Å². The van der Waals surface area contributed by atoms with Gasteiger partial charge in [-0.2, -0.15) is 8.42 Å². The van der Waals surface area contributed by atoms with Crippen LogP contribution in [0.1, 0.15) is 18.4 Å². The second-order valence-electron chi connectivity index (χ2n) is 3.23. The highest BCUT2D eigenvalue weighted by Crippen LogP contribution is 2.05. The number of benzene rings is 1. The molecule has 0 bridgehead atoms. The smallest absolute Gasteiger partial charge is 0.264 e. The summed E-state index contributed by atoms with van der Waals surface area (Å²) in [5, 5.41) is 0. The van der Waals surface area contributed by atoms with Crippen molar-refractivity contribution in [3.63, 3.8) is 0 Å². The van der Waals surface area contributed by atoms with Gasteiger partial charge in [-0.1, -0.05) is 30.3 Å². The van der Waals surface area contributed by atoms with Crippen LogP contribution in [0.2, 0.25) is 0 Å². The largest absolute Gasteiger partial charge is 0.286 e. The Morgan fingerprint density at radius 1 is 1.07 bits per heavy atom. The number of hydrogen-bond acceptors (Lipinski definition) is 2. The van der Waals surface area contributed by atoms with Crippen LogP contribution in [0.4, 0.5) is 0 Å². The van der Waals surface area contributed by atoms with Crippen LogP contribution in [0.5, 0.6) is 0 Å². The molecule has 1 aromatic carbocycles. The van der Waals surface area contributed by atoms with E-state index >= 15 is 0 Å². The predicted octanol–water partition coefficient (Wildman–Crippen LogP) is 1.90. The lowest BCUT2D eigenvalue weighted by molar-refractivity contribution is 0.480. The molecule has 4 heteroatoms. The Morgan fingerprint density at radius 2 is 1.71 bits per heavy atom. The molecule has 0 fully saturated rings. The molecule has 0 radical (unpaired) electrons. The maximum atomic E-state index is 10.4. The van der Waals surface area contributed by atoms with Gasteiger partial charge in [-0.25, -0.2) is 0 Å². The van der Waals surface area contributed by atoms with Gasteiger partial charge in [-0.3, -0.25) is 4.55 Å². The number of aryl methyl sites for hydroxylation is 1. The Kier molecular flexibility index (Phi) is 4.10. The molecular weight excluding hydrogens is 200 g/mol. The van der Waals surface area contributed by atoms with Gasteiger partial charge in [-0.05, 0) is 24.8 Å². The molecule has 0 saturated carbocycles. The molecule has 0 unspecified atom stereocenters. The molecule has 0 aliphatic rings. The second-order valence-corrected chi connectivity index (χ2v) is 4.80. The van der Waals surface area contributed by atoms with E-state index in [0.717, 1.165) is 12.8 Å². The van der Waals surface area contributed by atoms with E-state index in [1.54, 1.807) is 0 Å². The van der Waals surface area contributed by atoms with Gasteiger partial charge in [0.25, 0.3) is 10.1 Å². The molecule has 14 heavy (non-hydrogen) atoms. The lowest BCUT2D eigenvalue weighted by Crippen LogP contribution is -2.03. The van der Waals surface area contributed by atoms with E-state index < -0.39 is 10.1 Å². The quantitative estimate of drug-likeness (QED) is 0.601. The lowest BCUT2D eigenvalue weighted by atomic mass is 10.1. The highest BCUT2D eigenvalue weighted by Gasteiger charge is 2.02. The Balaban J connectivity index is 2.23. The van der Waals surface area contributed by atoms with Crippen LogP contribution in [0.15, 0.2) is 30.3 Å². The molecular formula is C10H14O3S. The van der Waals surface area contributed by atoms with Crippen LogP contribution < -0.4 is 0 Å². The lowest BCUT2D eigenvalue weighted by Gasteiger charge is -1.99. The predicted molar refractivity (Wildman–Crippen MR) is 55.8 cm³/mol. The van der Waals surface area contributed by atoms with Gasteiger partial charge < -0.3 is 0 Å². The second kappa shape index (κ2) is 5.12. The summed E-state index contributed by atoms with van der Waals surface area (Å²) in [6.07, 6.45) is 2.15. The minimum absolute atomic E-state index is 0.139. The fourth-order valence-electron chi connectivity index (χ4n) is 1.26. The van der Waals surface area contributed by atoms with E-state index in [2.05, 4.69) is 0 Å². The molecule has 0 spiro atoms. The van der Waals surface area contributed by atoms with Crippen LogP contribution >= 0.6 is 0 Å². The third-order valence-electron chi connectivity index (χ3n) is 1.96. The third kappa shape index (κ3) is 4.99. The summed E-state index contributed by atoms with van der Waals surface area (Å²) in [4.78, 5) is 0. The Hall–Kier alpha value is -0.870. The maximum Gasteiger partial charge on any atom is 0.264 e. The van der Waals surface area contributed by atoms with E-state index in [0.29, 0.717) is 6.42 Å². The molecule has 0 amide bonds. The fourth-order valence-corrected chi connectivity index (χ4v) is 1.83. The summed E-state index contributed by atoms with van der Waals surface area (Å²) >= 11 is 0. The SMILES string of the molecule is O=S(=O)(O)CCCCc1ccccc1. The molecule has 1 aromatic rings. The molecule has 1 N–H and O–H groups in total. The highest BCUT2D eigenvalue weighted by molar-refractivity contribution is 7.85. The monoisotopic (exact) mass is 214 g/mol. The molecule has 1 rings (SSSR count). The zero-order chi connectivity index (χ0) is 10.4. The molecule has 0 saturated heterocycles. The minimum atomic E-state index is -3.78. The number of unbranched alkanes of at least 4 members (excludes halogenated alkanes) is 1. The van der Waals surface area contributed by atoms with Gasteiger partial charge in [0.15, 0.2) is 0 Å². The zero-order valence-corrected chi connectivity index (χ0v) is 8.70. The molecule has 0 atom stereocenters. The van der Waals surface area contributed by atoms with Gasteiger partial charge in [0.05, 0.1) is 5.75 Å². The average molecular weight is 214 g/mol. The Morgan fingerprint density at radius 3 is 2.29 bits per heavy atom. The summed E-state index contributed by atoms with van der Waals surface area (Å²) < 4.78 is 29.3. The maximum absolute atomic E-state index is 10.4. The third-order valence-corrected chi connectivity index (χ3v) is 2.77. The number of rotatable bonds is 5. The van der Waals surface area contributed by atoms with E-state index in [9.17, 15) is 8.42 Å². The standard InChI is InChI=1S/C10H14O3S/c11-14(12,13)9-5-4-8-10-6-2-1-3-7-10/h1-3,6-7H,4-5,8-9H2,(H,11,12,13). The zero-order valence-electron chi connectivity index (χ0n) is 7.89. The first-order chi connectivity index (χ1) is 6.58. The summed E-state index contributed by atoms with van der Waals surface area (Å²) in [6, 6.07) is 9.87. The van der Waals surface area contributed by atoms with Crippen molar-refractivity contribution in [3.8, 4) is 0 Å². The van der Waals surface area contributed by atoms with Crippen LogP contribution in [0.25, 0.3) is 0 Å². The van der Waals surface area contributed by atoms with E-state index in [1.165, 1.54) is 5.56 Å². The summed E-state index contributed by atoms with van der Waals surface area (Å²) in [6.45, 7) is 0. The molecule has 3 nitrogen and oxygen atoms in total. The van der Waals surface area contributed by atoms with E-state index in [1.807, 2.05) is 30.3 Å². The topological polar surface area (TPSA) is 54.4 Å². The van der Waals surface area contributed by atoms with Crippen molar-refractivity contribution in [1.29, 1.82) is 0 Å². The van der Waals surface area contributed by atoms with Gasteiger partial charge in [0, 0.05) is 0 Å². The van der Waals surface area contributed by atoms with Crippen LogP contribution in [0.3, 0.4) is 0 Å². The van der Waals surface area contributed by atoms with Gasteiger partial charge in [-0.15, -0.1) is 0 Å². The molecule has 0 aromatic heterocycles. The van der Waals surface area contributed by atoms with Crippen molar-refractivity contribution in [2.45, 2.75) is 19.3 Å². The molecule has 78 valence electrons. The minimum Gasteiger partial charge on any atom is -0.286 e. The van der Waals surface area contributed by atoms with Crippen molar-refractivity contribution in [1.82, 2.24) is 0 Å². The first-order valence-electron chi connectivity index (χ1n) is 4.57. The summed E-state index contributed by atoms with van der Waals surface area (Å²) in [7, 11) is -3.78. The highest BCUT2D eigenvalue weighted by atomic mass is 32.2. The van der Waals surface area contributed by atoms with E-state index in [-0.39, 0.29) is 5.75 Å². The van der Waals surface area contributed by atoms with Crippen LogP contribution in [-0.4, -0.2) is 18.7 Å². The van der Waals surface area contributed by atoms with Crippen LogP contribution in [0, 0.1) is 0 Å². The molecule has 0 aliphatic carbocycles. The van der Waals surface area contributed by atoms with Gasteiger partial charge >= 0.3 is 0 Å². The Bertz CT molecular complexity index is 356. The summed E-state index contributed by atoms with van der Waals surface area (Å²) in [5.41, 5.74) is 1.20. The van der Waals surface area contributed by atoms with Gasteiger partial charge in [0.2, 0.25) is 0 Å². The van der Waals surface area contributed by atoms with Crippen molar-refractivity contribution in [2.24, 2.45) is 0 Å². The van der Waals surface area contributed by atoms with E-state index in [4.69, 9.17) is 4.55 Å². The molecule has 0 aliphatic heterocycles. The first-order valence-corrected chi connectivity index (χ1v) is 6.18. The molecule has 0 heterocycles. The van der Waals surface area contributed by atoms with Crippen LogP contribution in [-0.2, 0) is 16.5 Å². The van der Waals surface area contributed by atoms with Crippen molar-refractivity contribution >= 4 is 10.1 Å². The van der Waals surface area contributed by atoms with Crippen molar-refractivity contribution in [2.75, 3.05) is 5.75 Å². The summed E-state index contributed by atoms with van der Waals surface area (Å²) in [5.74, 6) is -0.139. The normalized spacial score (nSPS) is 11.5. The average Bonchev–Trinajstić information content (AvgIpc) is 2.13. The Labute approximate surface area is 84.5 Å².